The number of pyridine rings is 1. The Morgan fingerprint density at radius 2 is 2.31 bits per heavy atom. The topological polar surface area (TPSA) is 52.8 Å². The second kappa shape index (κ2) is 4.22. The summed E-state index contributed by atoms with van der Waals surface area (Å²) < 4.78 is 11.7. The molecule has 0 aliphatic rings. The van der Waals surface area contributed by atoms with Crippen molar-refractivity contribution < 1.29 is 14.3 Å². The van der Waals surface area contributed by atoms with Gasteiger partial charge in [0.25, 0.3) is 0 Å². The highest BCUT2D eigenvalue weighted by atomic mass is 16.5. The van der Waals surface area contributed by atoms with E-state index < -0.39 is 5.97 Å². The molecule has 0 saturated heterocycles. The number of imidazole rings is 1. The van der Waals surface area contributed by atoms with Crippen molar-refractivity contribution in [1.29, 1.82) is 0 Å². The lowest BCUT2D eigenvalue weighted by atomic mass is 10.4. The maximum absolute atomic E-state index is 11.6. The van der Waals surface area contributed by atoms with Crippen molar-refractivity contribution in [2.75, 3.05) is 13.7 Å². The Bertz CT molecular complexity index is 519. The van der Waals surface area contributed by atoms with Gasteiger partial charge in [0, 0.05) is 0 Å². The molecule has 0 radical (unpaired) electrons. The lowest BCUT2D eigenvalue weighted by Gasteiger charge is -2.06. The molecule has 0 amide bonds. The lowest BCUT2D eigenvalue weighted by molar-refractivity contribution is 0.0517. The second-order valence-electron chi connectivity index (χ2n) is 3.13. The zero-order valence-electron chi connectivity index (χ0n) is 9.14. The summed E-state index contributed by atoms with van der Waals surface area (Å²) in [6, 6.07) is 5.37. The molecule has 2 rings (SSSR count). The van der Waals surface area contributed by atoms with E-state index in [9.17, 15) is 4.79 Å². The summed E-state index contributed by atoms with van der Waals surface area (Å²) in [7, 11) is 1.55. The number of carbonyl (C=O) groups excluding carboxylic acids is 1. The molecule has 0 saturated carbocycles. The van der Waals surface area contributed by atoms with E-state index in [2.05, 4.69) is 4.98 Å². The largest absolute Gasteiger partial charge is 0.482 e. The maximum Gasteiger partial charge on any atom is 0.357 e. The highest BCUT2D eigenvalue weighted by molar-refractivity contribution is 5.88. The molecule has 84 valence electrons. The standard InChI is InChI=1S/C11H12N2O3/c1-3-16-11(14)8-7-12-9-5-4-6-10(15-2)13(8)9/h4-7H,3H2,1-2H3. The maximum atomic E-state index is 11.6. The monoisotopic (exact) mass is 220 g/mol. The number of aromatic nitrogens is 2. The Morgan fingerprint density at radius 1 is 1.50 bits per heavy atom. The summed E-state index contributed by atoms with van der Waals surface area (Å²) in [5.41, 5.74) is 1.02. The summed E-state index contributed by atoms with van der Waals surface area (Å²) in [5.74, 6) is 0.151. The highest BCUT2D eigenvalue weighted by Gasteiger charge is 2.15. The normalized spacial score (nSPS) is 10.4. The van der Waals surface area contributed by atoms with Crippen LogP contribution in [-0.2, 0) is 4.74 Å². The first kappa shape index (κ1) is 10.5. The van der Waals surface area contributed by atoms with Crippen LogP contribution in [0.1, 0.15) is 17.4 Å². The Hall–Kier alpha value is -2.04. The van der Waals surface area contributed by atoms with E-state index in [0.717, 1.165) is 0 Å². The number of fused-ring (bicyclic) bond motifs is 1. The molecule has 0 spiro atoms. The van der Waals surface area contributed by atoms with Crippen molar-refractivity contribution in [2.24, 2.45) is 0 Å². The Morgan fingerprint density at radius 3 is 3.00 bits per heavy atom. The van der Waals surface area contributed by atoms with Gasteiger partial charge in [0.1, 0.15) is 5.65 Å². The average Bonchev–Trinajstić information content (AvgIpc) is 2.72. The molecule has 0 aliphatic heterocycles. The summed E-state index contributed by atoms with van der Waals surface area (Å²) >= 11 is 0. The Labute approximate surface area is 92.6 Å². The average molecular weight is 220 g/mol. The lowest BCUT2D eigenvalue weighted by Crippen LogP contribution is -2.09. The van der Waals surface area contributed by atoms with Gasteiger partial charge in [-0.15, -0.1) is 0 Å². The zero-order chi connectivity index (χ0) is 11.5. The van der Waals surface area contributed by atoms with Crippen molar-refractivity contribution in [3.63, 3.8) is 0 Å². The van der Waals surface area contributed by atoms with E-state index in [1.165, 1.54) is 6.20 Å². The molecule has 2 heterocycles. The fourth-order valence-electron chi connectivity index (χ4n) is 1.51. The van der Waals surface area contributed by atoms with Crippen LogP contribution in [0.4, 0.5) is 0 Å². The van der Waals surface area contributed by atoms with Crippen molar-refractivity contribution in [3.05, 3.63) is 30.1 Å². The third kappa shape index (κ3) is 1.60. The molecular formula is C11H12N2O3. The van der Waals surface area contributed by atoms with E-state index in [0.29, 0.717) is 23.8 Å². The Balaban J connectivity index is 2.58. The molecule has 0 aromatic carbocycles. The summed E-state index contributed by atoms with van der Waals surface area (Å²) in [6.07, 6.45) is 1.48. The van der Waals surface area contributed by atoms with Gasteiger partial charge in [-0.3, -0.25) is 4.40 Å². The van der Waals surface area contributed by atoms with Crippen LogP contribution in [0.25, 0.3) is 5.65 Å². The van der Waals surface area contributed by atoms with Crippen LogP contribution in [0.15, 0.2) is 24.4 Å². The van der Waals surface area contributed by atoms with Gasteiger partial charge >= 0.3 is 5.97 Å². The van der Waals surface area contributed by atoms with Gasteiger partial charge < -0.3 is 9.47 Å². The zero-order valence-corrected chi connectivity index (χ0v) is 9.14. The molecule has 16 heavy (non-hydrogen) atoms. The van der Waals surface area contributed by atoms with Crippen molar-refractivity contribution >= 4 is 11.6 Å². The van der Waals surface area contributed by atoms with Gasteiger partial charge in [-0.2, -0.15) is 0 Å². The fraction of sp³-hybridized carbons (Fsp3) is 0.273. The number of hydrogen-bond donors (Lipinski definition) is 0. The first-order valence-corrected chi connectivity index (χ1v) is 4.95. The summed E-state index contributed by atoms with van der Waals surface area (Å²) in [4.78, 5) is 15.8. The third-order valence-corrected chi connectivity index (χ3v) is 2.19. The van der Waals surface area contributed by atoms with E-state index in [1.807, 2.05) is 6.07 Å². The SMILES string of the molecule is CCOC(=O)c1cnc2cccc(OC)n12. The van der Waals surface area contributed by atoms with Crippen molar-refractivity contribution in [1.82, 2.24) is 9.38 Å². The van der Waals surface area contributed by atoms with E-state index >= 15 is 0 Å². The first-order chi connectivity index (χ1) is 7.77. The van der Waals surface area contributed by atoms with E-state index in [4.69, 9.17) is 9.47 Å². The molecule has 0 atom stereocenters. The summed E-state index contributed by atoms with van der Waals surface area (Å²) in [5, 5.41) is 0. The molecule has 5 heteroatoms. The predicted molar refractivity (Wildman–Crippen MR) is 57.7 cm³/mol. The van der Waals surface area contributed by atoms with Crippen LogP contribution in [0, 0.1) is 0 Å². The fourth-order valence-corrected chi connectivity index (χ4v) is 1.51. The van der Waals surface area contributed by atoms with Gasteiger partial charge in [0.05, 0.1) is 19.9 Å². The minimum atomic E-state index is -0.403. The van der Waals surface area contributed by atoms with E-state index in [-0.39, 0.29) is 0 Å². The number of nitrogens with zero attached hydrogens (tertiary/aromatic N) is 2. The minimum absolute atomic E-state index is 0.335. The molecule has 2 aromatic rings. The molecule has 0 unspecified atom stereocenters. The number of ether oxygens (including phenoxy) is 2. The predicted octanol–water partition coefficient (Wildman–Crippen LogP) is 1.52. The van der Waals surface area contributed by atoms with Crippen LogP contribution in [0.3, 0.4) is 0 Å². The molecular weight excluding hydrogens is 208 g/mol. The molecule has 5 nitrogen and oxygen atoms in total. The first-order valence-electron chi connectivity index (χ1n) is 4.95. The molecule has 0 aliphatic carbocycles. The van der Waals surface area contributed by atoms with Crippen LogP contribution >= 0.6 is 0 Å². The van der Waals surface area contributed by atoms with Crippen molar-refractivity contribution in [3.8, 4) is 5.88 Å². The van der Waals surface area contributed by atoms with E-state index in [1.54, 1.807) is 30.6 Å². The smallest absolute Gasteiger partial charge is 0.357 e. The van der Waals surface area contributed by atoms with Crippen LogP contribution in [0.5, 0.6) is 5.88 Å². The summed E-state index contributed by atoms with van der Waals surface area (Å²) in [6.45, 7) is 2.10. The van der Waals surface area contributed by atoms with Gasteiger partial charge in [0.2, 0.25) is 0 Å². The second-order valence-corrected chi connectivity index (χ2v) is 3.13. The Kier molecular flexibility index (Phi) is 2.76. The number of hydrogen-bond acceptors (Lipinski definition) is 4. The number of esters is 1. The van der Waals surface area contributed by atoms with Gasteiger partial charge in [0.15, 0.2) is 11.6 Å². The minimum Gasteiger partial charge on any atom is -0.482 e. The van der Waals surface area contributed by atoms with Gasteiger partial charge in [-0.25, -0.2) is 9.78 Å². The number of carbonyl (C=O) groups is 1. The highest BCUT2D eigenvalue weighted by Crippen LogP contribution is 2.17. The van der Waals surface area contributed by atoms with Crippen LogP contribution in [-0.4, -0.2) is 29.1 Å². The molecule has 2 aromatic heterocycles. The van der Waals surface area contributed by atoms with Gasteiger partial charge in [-0.1, -0.05) is 6.07 Å². The van der Waals surface area contributed by atoms with Gasteiger partial charge in [-0.05, 0) is 19.1 Å². The molecule has 0 N–H and O–H groups in total. The van der Waals surface area contributed by atoms with Crippen LogP contribution in [0.2, 0.25) is 0 Å². The van der Waals surface area contributed by atoms with Crippen LogP contribution < -0.4 is 4.74 Å². The molecule has 0 fully saturated rings. The van der Waals surface area contributed by atoms with Crippen molar-refractivity contribution in [2.45, 2.75) is 6.92 Å². The molecule has 0 bridgehead atoms. The quantitative estimate of drug-likeness (QED) is 0.736. The third-order valence-electron chi connectivity index (χ3n) is 2.19. The number of methoxy groups -OCH3 is 1. The number of rotatable bonds is 3.